The maximum atomic E-state index is 6.08. The number of hydrogen-bond donors (Lipinski definition) is 1. The molecule has 1 unspecified atom stereocenters. The Morgan fingerprint density at radius 3 is 2.71 bits per heavy atom. The van der Waals surface area contributed by atoms with Gasteiger partial charge in [0.1, 0.15) is 0 Å². The third-order valence-electron chi connectivity index (χ3n) is 3.14. The van der Waals surface area contributed by atoms with E-state index >= 15 is 0 Å². The van der Waals surface area contributed by atoms with Crippen molar-refractivity contribution in [3.8, 4) is 0 Å². The number of benzene rings is 2. The van der Waals surface area contributed by atoms with Crippen molar-refractivity contribution in [2.75, 3.05) is 13.1 Å². The molecule has 0 saturated heterocycles. The van der Waals surface area contributed by atoms with Gasteiger partial charge in [-0.25, -0.2) is 0 Å². The first-order valence-corrected chi connectivity index (χ1v) is 8.18. The van der Waals surface area contributed by atoms with Gasteiger partial charge in [0.05, 0.1) is 12.7 Å². The highest BCUT2D eigenvalue weighted by Crippen LogP contribution is 2.22. The summed E-state index contributed by atoms with van der Waals surface area (Å²) in [5.74, 6) is 0. The van der Waals surface area contributed by atoms with Gasteiger partial charge in [-0.05, 0) is 41.9 Å². The van der Waals surface area contributed by atoms with Crippen LogP contribution in [0.4, 0.5) is 0 Å². The minimum absolute atomic E-state index is 0.0152. The van der Waals surface area contributed by atoms with Crippen molar-refractivity contribution in [3.05, 3.63) is 69.2 Å². The van der Waals surface area contributed by atoms with Crippen LogP contribution in [0.3, 0.4) is 0 Å². The molecule has 0 fully saturated rings. The number of halogens is 2. The molecule has 1 atom stereocenters. The average molecular weight is 369 g/mol. The first-order valence-electron chi connectivity index (χ1n) is 7.01. The van der Waals surface area contributed by atoms with E-state index in [-0.39, 0.29) is 6.10 Å². The second kappa shape index (κ2) is 8.54. The Labute approximate surface area is 139 Å². The van der Waals surface area contributed by atoms with E-state index < -0.39 is 0 Å². The molecule has 0 aromatic heterocycles. The van der Waals surface area contributed by atoms with E-state index in [0.717, 1.165) is 33.7 Å². The Morgan fingerprint density at radius 1 is 1.19 bits per heavy atom. The monoisotopic (exact) mass is 367 g/mol. The SMILES string of the molecule is CCNCC(OCc1cccc(Cl)c1)c1cccc(Br)c1. The van der Waals surface area contributed by atoms with E-state index in [4.69, 9.17) is 16.3 Å². The summed E-state index contributed by atoms with van der Waals surface area (Å²) in [6.45, 7) is 4.34. The minimum Gasteiger partial charge on any atom is -0.368 e. The Bertz CT molecular complexity index is 576. The molecule has 2 rings (SSSR count). The fourth-order valence-electron chi connectivity index (χ4n) is 2.08. The normalized spacial score (nSPS) is 12.3. The summed E-state index contributed by atoms with van der Waals surface area (Å²) in [4.78, 5) is 0. The van der Waals surface area contributed by atoms with Crippen molar-refractivity contribution in [1.29, 1.82) is 0 Å². The van der Waals surface area contributed by atoms with Gasteiger partial charge in [-0.2, -0.15) is 0 Å². The summed E-state index contributed by atoms with van der Waals surface area (Å²) < 4.78 is 7.15. The molecule has 0 bridgehead atoms. The summed E-state index contributed by atoms with van der Waals surface area (Å²) in [5, 5.41) is 4.09. The molecule has 2 nitrogen and oxygen atoms in total. The third kappa shape index (κ3) is 5.44. The van der Waals surface area contributed by atoms with Crippen molar-refractivity contribution in [2.45, 2.75) is 19.6 Å². The molecule has 0 heterocycles. The molecule has 0 saturated carbocycles. The quantitative estimate of drug-likeness (QED) is 0.745. The van der Waals surface area contributed by atoms with Gasteiger partial charge in [-0.1, -0.05) is 58.7 Å². The standard InChI is InChI=1S/C17H19BrClNO/c1-2-20-11-17(14-6-4-7-15(18)10-14)21-12-13-5-3-8-16(19)9-13/h3-10,17,20H,2,11-12H2,1H3. The van der Waals surface area contributed by atoms with Crippen LogP contribution in [0.15, 0.2) is 53.0 Å². The summed E-state index contributed by atoms with van der Waals surface area (Å²) in [6, 6.07) is 16.0. The highest BCUT2D eigenvalue weighted by atomic mass is 79.9. The van der Waals surface area contributed by atoms with E-state index in [9.17, 15) is 0 Å². The fourth-order valence-corrected chi connectivity index (χ4v) is 2.71. The second-order valence-electron chi connectivity index (χ2n) is 4.79. The Balaban J connectivity index is 2.06. The van der Waals surface area contributed by atoms with E-state index in [1.807, 2.05) is 36.4 Å². The second-order valence-corrected chi connectivity index (χ2v) is 6.14. The maximum Gasteiger partial charge on any atom is 0.0954 e. The zero-order chi connectivity index (χ0) is 15.1. The summed E-state index contributed by atoms with van der Waals surface area (Å²) in [6.07, 6.45) is 0.0152. The van der Waals surface area contributed by atoms with Gasteiger partial charge in [-0.3, -0.25) is 0 Å². The number of rotatable bonds is 7. The first-order chi connectivity index (χ1) is 10.2. The van der Waals surface area contributed by atoms with Gasteiger partial charge < -0.3 is 10.1 Å². The highest BCUT2D eigenvalue weighted by molar-refractivity contribution is 9.10. The van der Waals surface area contributed by atoms with E-state index in [1.165, 1.54) is 0 Å². The molecule has 4 heteroatoms. The molecule has 2 aromatic rings. The van der Waals surface area contributed by atoms with Crippen LogP contribution in [0, 0.1) is 0 Å². The topological polar surface area (TPSA) is 21.3 Å². The zero-order valence-electron chi connectivity index (χ0n) is 12.0. The van der Waals surface area contributed by atoms with Gasteiger partial charge in [0, 0.05) is 16.0 Å². The molecule has 0 aliphatic carbocycles. The van der Waals surface area contributed by atoms with Crippen LogP contribution in [0.1, 0.15) is 24.2 Å². The predicted octanol–water partition coefficient (Wildman–Crippen LogP) is 4.97. The van der Waals surface area contributed by atoms with Crippen LogP contribution in [-0.4, -0.2) is 13.1 Å². The van der Waals surface area contributed by atoms with E-state index in [0.29, 0.717) is 6.61 Å². The van der Waals surface area contributed by atoms with Crippen LogP contribution in [0.2, 0.25) is 5.02 Å². The molecule has 112 valence electrons. The molecule has 2 aromatic carbocycles. The van der Waals surface area contributed by atoms with Crippen molar-refractivity contribution in [3.63, 3.8) is 0 Å². The Morgan fingerprint density at radius 2 is 2.00 bits per heavy atom. The Hall–Kier alpha value is -0.870. The molecule has 0 aliphatic heterocycles. The molecule has 0 spiro atoms. The van der Waals surface area contributed by atoms with Crippen molar-refractivity contribution < 1.29 is 4.74 Å². The fraction of sp³-hybridized carbons (Fsp3) is 0.294. The van der Waals surface area contributed by atoms with Gasteiger partial charge in [0.2, 0.25) is 0 Å². The lowest BCUT2D eigenvalue weighted by molar-refractivity contribution is 0.0401. The lowest BCUT2D eigenvalue weighted by Gasteiger charge is -2.19. The smallest absolute Gasteiger partial charge is 0.0954 e. The maximum absolute atomic E-state index is 6.08. The van der Waals surface area contributed by atoms with Crippen molar-refractivity contribution >= 4 is 27.5 Å². The van der Waals surface area contributed by atoms with Crippen LogP contribution in [0.25, 0.3) is 0 Å². The molecule has 21 heavy (non-hydrogen) atoms. The lowest BCUT2D eigenvalue weighted by Crippen LogP contribution is -2.23. The predicted molar refractivity (Wildman–Crippen MR) is 91.7 cm³/mol. The minimum atomic E-state index is 0.0152. The summed E-state index contributed by atoms with van der Waals surface area (Å²) >= 11 is 9.52. The first kappa shape index (κ1) is 16.5. The third-order valence-corrected chi connectivity index (χ3v) is 3.87. The van der Waals surface area contributed by atoms with Gasteiger partial charge in [0.25, 0.3) is 0 Å². The molecular formula is C17H19BrClNO. The Kier molecular flexibility index (Phi) is 6.71. The average Bonchev–Trinajstić information content (AvgIpc) is 2.47. The molecule has 1 N–H and O–H groups in total. The van der Waals surface area contributed by atoms with Gasteiger partial charge in [0.15, 0.2) is 0 Å². The van der Waals surface area contributed by atoms with Crippen LogP contribution >= 0.6 is 27.5 Å². The summed E-state index contributed by atoms with van der Waals surface area (Å²) in [7, 11) is 0. The lowest BCUT2D eigenvalue weighted by atomic mass is 10.1. The molecule has 0 radical (unpaired) electrons. The molecule has 0 aliphatic rings. The number of likely N-dealkylation sites (N-methyl/N-ethyl adjacent to an activating group) is 1. The molecule has 0 amide bonds. The number of ether oxygens (including phenoxy) is 1. The highest BCUT2D eigenvalue weighted by Gasteiger charge is 2.12. The van der Waals surface area contributed by atoms with Crippen LogP contribution in [-0.2, 0) is 11.3 Å². The van der Waals surface area contributed by atoms with Gasteiger partial charge in [-0.15, -0.1) is 0 Å². The van der Waals surface area contributed by atoms with Crippen molar-refractivity contribution in [2.24, 2.45) is 0 Å². The van der Waals surface area contributed by atoms with Crippen LogP contribution in [0.5, 0.6) is 0 Å². The van der Waals surface area contributed by atoms with E-state index in [2.05, 4.69) is 40.3 Å². The molecular weight excluding hydrogens is 350 g/mol. The van der Waals surface area contributed by atoms with Crippen molar-refractivity contribution in [1.82, 2.24) is 5.32 Å². The zero-order valence-corrected chi connectivity index (χ0v) is 14.3. The van der Waals surface area contributed by atoms with Crippen LogP contribution < -0.4 is 5.32 Å². The van der Waals surface area contributed by atoms with E-state index in [1.54, 1.807) is 0 Å². The number of hydrogen-bond acceptors (Lipinski definition) is 2. The summed E-state index contributed by atoms with van der Waals surface area (Å²) in [5.41, 5.74) is 2.24. The van der Waals surface area contributed by atoms with Gasteiger partial charge >= 0.3 is 0 Å². The number of nitrogens with one attached hydrogen (secondary N) is 1. The largest absolute Gasteiger partial charge is 0.368 e.